The van der Waals surface area contributed by atoms with Gasteiger partial charge in [0.25, 0.3) is 0 Å². The van der Waals surface area contributed by atoms with Crippen molar-refractivity contribution in [1.29, 1.82) is 0 Å². The Hall–Kier alpha value is -2.24. The molecule has 0 aliphatic carbocycles. The molecular formula is C15H22N2O4. The first-order valence-electron chi connectivity index (χ1n) is 7.03. The van der Waals surface area contributed by atoms with E-state index in [2.05, 4.69) is 10.6 Å². The number of carbonyl (C=O) groups excluding carboxylic acids is 2. The van der Waals surface area contributed by atoms with Gasteiger partial charge in [0.15, 0.2) is 0 Å². The lowest BCUT2D eigenvalue weighted by Gasteiger charge is -2.19. The topological polar surface area (TPSA) is 76.7 Å². The van der Waals surface area contributed by atoms with E-state index in [1.54, 1.807) is 13.8 Å². The van der Waals surface area contributed by atoms with Crippen LogP contribution in [-0.2, 0) is 15.9 Å². The second kappa shape index (κ2) is 9.63. The summed E-state index contributed by atoms with van der Waals surface area (Å²) in [5.41, 5.74) is 1.06. The minimum absolute atomic E-state index is 0.268. The molecule has 0 aliphatic rings. The van der Waals surface area contributed by atoms with Crippen molar-refractivity contribution in [3.8, 4) is 0 Å². The van der Waals surface area contributed by atoms with Crippen LogP contribution in [0.3, 0.4) is 0 Å². The van der Waals surface area contributed by atoms with E-state index in [0.29, 0.717) is 19.6 Å². The number of hydrogen-bond donors (Lipinski definition) is 2. The van der Waals surface area contributed by atoms with Crippen LogP contribution in [0.2, 0.25) is 0 Å². The molecule has 1 rings (SSSR count). The highest BCUT2D eigenvalue weighted by atomic mass is 16.6. The Morgan fingerprint density at radius 2 is 1.67 bits per heavy atom. The van der Waals surface area contributed by atoms with Gasteiger partial charge in [0, 0.05) is 6.54 Å². The van der Waals surface area contributed by atoms with Crippen molar-refractivity contribution in [2.24, 2.45) is 0 Å². The molecule has 2 amide bonds. The van der Waals surface area contributed by atoms with Crippen LogP contribution in [0.5, 0.6) is 0 Å². The molecule has 6 nitrogen and oxygen atoms in total. The van der Waals surface area contributed by atoms with E-state index in [1.165, 1.54) is 0 Å². The summed E-state index contributed by atoms with van der Waals surface area (Å²) in [6.45, 7) is 4.35. The molecular weight excluding hydrogens is 272 g/mol. The largest absolute Gasteiger partial charge is 0.450 e. The van der Waals surface area contributed by atoms with E-state index in [4.69, 9.17) is 9.47 Å². The molecule has 0 bridgehead atoms. The highest BCUT2D eigenvalue weighted by molar-refractivity contribution is 5.69. The van der Waals surface area contributed by atoms with Gasteiger partial charge < -0.3 is 20.1 Å². The SMILES string of the molecule is CCOC(=O)NC[C@H](Cc1ccccc1)NC(=O)OCC. The molecule has 0 unspecified atom stereocenters. The molecule has 0 saturated carbocycles. The zero-order valence-corrected chi connectivity index (χ0v) is 12.4. The second-order valence-electron chi connectivity index (χ2n) is 4.35. The van der Waals surface area contributed by atoms with Gasteiger partial charge in [-0.1, -0.05) is 30.3 Å². The van der Waals surface area contributed by atoms with E-state index in [-0.39, 0.29) is 12.6 Å². The van der Waals surface area contributed by atoms with E-state index in [1.807, 2.05) is 30.3 Å². The molecule has 1 aromatic rings. The van der Waals surface area contributed by atoms with Gasteiger partial charge >= 0.3 is 12.2 Å². The molecule has 0 aliphatic heterocycles. The van der Waals surface area contributed by atoms with Crippen LogP contribution in [0.1, 0.15) is 19.4 Å². The van der Waals surface area contributed by atoms with Gasteiger partial charge in [-0.15, -0.1) is 0 Å². The van der Waals surface area contributed by atoms with Crippen molar-refractivity contribution in [2.75, 3.05) is 19.8 Å². The highest BCUT2D eigenvalue weighted by Crippen LogP contribution is 2.03. The summed E-state index contributed by atoms with van der Waals surface area (Å²) in [6, 6.07) is 9.43. The van der Waals surface area contributed by atoms with Gasteiger partial charge in [0.2, 0.25) is 0 Å². The van der Waals surface area contributed by atoms with Crippen LogP contribution in [0, 0.1) is 0 Å². The van der Waals surface area contributed by atoms with Gasteiger partial charge in [-0.25, -0.2) is 9.59 Å². The van der Waals surface area contributed by atoms with Crippen molar-refractivity contribution in [3.05, 3.63) is 35.9 Å². The predicted molar refractivity (Wildman–Crippen MR) is 79.1 cm³/mol. The average Bonchev–Trinajstić information content (AvgIpc) is 2.46. The molecule has 6 heteroatoms. The second-order valence-corrected chi connectivity index (χ2v) is 4.35. The highest BCUT2D eigenvalue weighted by Gasteiger charge is 2.15. The molecule has 0 aromatic heterocycles. The summed E-state index contributed by atoms with van der Waals surface area (Å²) in [5, 5.41) is 5.35. The fourth-order valence-corrected chi connectivity index (χ4v) is 1.80. The number of nitrogens with one attached hydrogen (secondary N) is 2. The number of carbonyl (C=O) groups is 2. The molecule has 0 heterocycles. The summed E-state index contributed by atoms with van der Waals surface area (Å²) in [4.78, 5) is 22.9. The van der Waals surface area contributed by atoms with E-state index in [9.17, 15) is 9.59 Å². The van der Waals surface area contributed by atoms with Gasteiger partial charge in [-0.2, -0.15) is 0 Å². The first-order valence-corrected chi connectivity index (χ1v) is 7.03. The molecule has 0 radical (unpaired) electrons. The van der Waals surface area contributed by atoms with E-state index >= 15 is 0 Å². The maximum Gasteiger partial charge on any atom is 0.407 e. The molecule has 2 N–H and O–H groups in total. The monoisotopic (exact) mass is 294 g/mol. The van der Waals surface area contributed by atoms with E-state index in [0.717, 1.165) is 5.56 Å². The fourth-order valence-electron chi connectivity index (χ4n) is 1.80. The molecule has 0 spiro atoms. The van der Waals surface area contributed by atoms with Crippen LogP contribution in [0.25, 0.3) is 0 Å². The minimum Gasteiger partial charge on any atom is -0.450 e. The van der Waals surface area contributed by atoms with Crippen molar-refractivity contribution in [2.45, 2.75) is 26.3 Å². The predicted octanol–water partition coefficient (Wildman–Crippen LogP) is 2.09. The Morgan fingerprint density at radius 3 is 2.29 bits per heavy atom. The van der Waals surface area contributed by atoms with Gasteiger partial charge in [0.05, 0.1) is 19.3 Å². The standard InChI is InChI=1S/C15H22N2O4/c1-3-20-14(18)16-11-13(17-15(19)21-4-2)10-12-8-6-5-7-9-12/h5-9,13H,3-4,10-11H2,1-2H3,(H,16,18)(H,17,19)/t13-/m0/s1. The van der Waals surface area contributed by atoms with Crippen molar-refractivity contribution >= 4 is 12.2 Å². The Labute approximate surface area is 124 Å². The quantitative estimate of drug-likeness (QED) is 0.807. The molecule has 0 fully saturated rings. The normalized spacial score (nSPS) is 11.3. The van der Waals surface area contributed by atoms with Crippen LogP contribution in [0.15, 0.2) is 30.3 Å². The molecule has 116 valence electrons. The maximum absolute atomic E-state index is 11.5. The van der Waals surface area contributed by atoms with E-state index < -0.39 is 12.2 Å². The number of ether oxygens (including phenoxy) is 2. The molecule has 21 heavy (non-hydrogen) atoms. The molecule has 0 saturated heterocycles. The van der Waals surface area contributed by atoms with Crippen LogP contribution >= 0.6 is 0 Å². The summed E-state index contributed by atoms with van der Waals surface area (Å²) in [5.74, 6) is 0. The smallest absolute Gasteiger partial charge is 0.407 e. The summed E-state index contributed by atoms with van der Waals surface area (Å²) in [6.07, 6.45) is -0.406. The van der Waals surface area contributed by atoms with Gasteiger partial charge in [0.1, 0.15) is 0 Å². The van der Waals surface area contributed by atoms with Crippen molar-refractivity contribution in [1.82, 2.24) is 10.6 Å². The molecule has 1 atom stereocenters. The third-order valence-electron chi connectivity index (χ3n) is 2.69. The third kappa shape index (κ3) is 7.20. The number of amides is 2. The first-order chi connectivity index (χ1) is 10.2. The van der Waals surface area contributed by atoms with Gasteiger partial charge in [-0.05, 0) is 25.8 Å². The molecule has 1 aromatic carbocycles. The zero-order valence-electron chi connectivity index (χ0n) is 12.4. The summed E-state index contributed by atoms with van der Waals surface area (Å²) >= 11 is 0. The average molecular weight is 294 g/mol. The Morgan fingerprint density at radius 1 is 1.05 bits per heavy atom. The number of hydrogen-bond acceptors (Lipinski definition) is 4. The first kappa shape index (κ1) is 16.8. The zero-order chi connectivity index (χ0) is 15.5. The lowest BCUT2D eigenvalue weighted by atomic mass is 10.1. The van der Waals surface area contributed by atoms with Gasteiger partial charge in [-0.3, -0.25) is 0 Å². The van der Waals surface area contributed by atoms with Crippen LogP contribution in [-0.4, -0.2) is 38.0 Å². The van der Waals surface area contributed by atoms with Crippen molar-refractivity contribution < 1.29 is 19.1 Å². The Kier molecular flexibility index (Phi) is 7.71. The number of rotatable bonds is 7. The lowest BCUT2D eigenvalue weighted by Crippen LogP contribution is -2.45. The third-order valence-corrected chi connectivity index (χ3v) is 2.69. The minimum atomic E-state index is -0.499. The van der Waals surface area contributed by atoms with Crippen LogP contribution < -0.4 is 10.6 Å². The lowest BCUT2D eigenvalue weighted by molar-refractivity contribution is 0.142. The Balaban J connectivity index is 2.56. The Bertz CT molecular complexity index is 437. The summed E-state index contributed by atoms with van der Waals surface area (Å²) < 4.78 is 9.67. The number of benzene rings is 1. The summed E-state index contributed by atoms with van der Waals surface area (Å²) in [7, 11) is 0. The van der Waals surface area contributed by atoms with Crippen LogP contribution in [0.4, 0.5) is 9.59 Å². The van der Waals surface area contributed by atoms with Crippen molar-refractivity contribution in [3.63, 3.8) is 0 Å². The number of alkyl carbamates (subject to hydrolysis) is 2. The maximum atomic E-state index is 11.5. The fraction of sp³-hybridized carbons (Fsp3) is 0.467.